The van der Waals surface area contributed by atoms with Gasteiger partial charge in [-0.2, -0.15) is 0 Å². The molecule has 2 aromatic rings. The van der Waals surface area contributed by atoms with E-state index in [4.69, 9.17) is 4.74 Å². The molecule has 1 aromatic carbocycles. The molecule has 6 heteroatoms. The molecule has 1 heterocycles. The first kappa shape index (κ1) is 16.9. The molecular formula is C17H17NO4S. The van der Waals surface area contributed by atoms with Gasteiger partial charge in [0.05, 0.1) is 17.0 Å². The van der Waals surface area contributed by atoms with Crippen LogP contribution in [0, 0.1) is 6.92 Å². The molecule has 5 nitrogen and oxygen atoms in total. The fourth-order valence-electron chi connectivity index (χ4n) is 1.81. The summed E-state index contributed by atoms with van der Waals surface area (Å²) in [6.45, 7) is 3.45. The van der Waals surface area contributed by atoms with E-state index in [2.05, 4.69) is 5.32 Å². The van der Waals surface area contributed by atoms with Crippen molar-refractivity contribution in [3.05, 3.63) is 57.3 Å². The first-order chi connectivity index (χ1) is 11.0. The lowest BCUT2D eigenvalue weighted by Gasteiger charge is -2.03. The van der Waals surface area contributed by atoms with Gasteiger partial charge in [0, 0.05) is 11.8 Å². The van der Waals surface area contributed by atoms with Gasteiger partial charge in [-0.3, -0.25) is 9.59 Å². The van der Waals surface area contributed by atoms with Gasteiger partial charge in [0.25, 0.3) is 0 Å². The second-order valence-corrected chi connectivity index (χ2v) is 6.21. The van der Waals surface area contributed by atoms with Crippen LogP contribution in [-0.2, 0) is 16.1 Å². The minimum absolute atomic E-state index is 0.127. The van der Waals surface area contributed by atoms with Crippen molar-refractivity contribution in [1.29, 1.82) is 0 Å². The molecule has 1 aromatic heterocycles. The van der Waals surface area contributed by atoms with Crippen molar-refractivity contribution in [3.63, 3.8) is 0 Å². The maximum atomic E-state index is 12.0. The third-order valence-electron chi connectivity index (χ3n) is 3.07. The average Bonchev–Trinajstić information content (AvgIpc) is 3.00. The molecule has 0 saturated heterocycles. The third kappa shape index (κ3) is 5.03. The molecule has 0 spiro atoms. The van der Waals surface area contributed by atoms with Gasteiger partial charge in [-0.05, 0) is 31.2 Å². The number of aryl methyl sites for hydroxylation is 1. The molecule has 120 valence electrons. The maximum absolute atomic E-state index is 12.0. The molecule has 1 N–H and O–H groups in total. The van der Waals surface area contributed by atoms with Crippen molar-refractivity contribution in [2.24, 2.45) is 0 Å². The summed E-state index contributed by atoms with van der Waals surface area (Å²) in [6.07, 6.45) is 0. The number of carbonyl (C=O) groups is 3. The van der Waals surface area contributed by atoms with Gasteiger partial charge in [0.1, 0.15) is 0 Å². The number of thiophene rings is 1. The molecule has 0 bridgehead atoms. The Hall–Kier alpha value is -2.47. The predicted octanol–water partition coefficient (Wildman–Crippen LogP) is 2.73. The molecule has 0 aliphatic heterocycles. The third-order valence-corrected chi connectivity index (χ3v) is 4.20. The fourth-order valence-corrected chi connectivity index (χ4v) is 2.68. The predicted molar refractivity (Wildman–Crippen MR) is 87.6 cm³/mol. The molecule has 2 rings (SSSR count). The molecule has 0 aliphatic rings. The van der Waals surface area contributed by atoms with Crippen molar-refractivity contribution in [1.82, 2.24) is 5.32 Å². The van der Waals surface area contributed by atoms with Crippen LogP contribution in [0.2, 0.25) is 0 Å². The molecular weight excluding hydrogens is 314 g/mol. The van der Waals surface area contributed by atoms with Crippen LogP contribution in [0.1, 0.15) is 37.4 Å². The van der Waals surface area contributed by atoms with E-state index in [-0.39, 0.29) is 18.3 Å². The van der Waals surface area contributed by atoms with Crippen LogP contribution in [0.5, 0.6) is 0 Å². The highest BCUT2D eigenvalue weighted by Gasteiger charge is 2.13. The van der Waals surface area contributed by atoms with Crippen LogP contribution in [0.25, 0.3) is 0 Å². The van der Waals surface area contributed by atoms with Gasteiger partial charge < -0.3 is 10.1 Å². The number of hydrogen-bond acceptors (Lipinski definition) is 5. The van der Waals surface area contributed by atoms with E-state index >= 15 is 0 Å². The van der Waals surface area contributed by atoms with Gasteiger partial charge in [-0.25, -0.2) is 4.79 Å². The number of hydrogen-bond donors (Lipinski definition) is 1. The number of nitrogens with one attached hydrogen (secondary N) is 1. The first-order valence-electron chi connectivity index (χ1n) is 7.06. The molecule has 0 unspecified atom stereocenters. The van der Waals surface area contributed by atoms with E-state index in [0.29, 0.717) is 17.0 Å². The summed E-state index contributed by atoms with van der Waals surface area (Å²) in [4.78, 5) is 36.1. The number of carbonyl (C=O) groups excluding carboxylic acids is 3. The van der Waals surface area contributed by atoms with E-state index in [9.17, 15) is 14.4 Å². The molecule has 1 amide bonds. The van der Waals surface area contributed by atoms with Crippen LogP contribution < -0.4 is 5.32 Å². The fraction of sp³-hybridized carbons (Fsp3) is 0.235. The van der Waals surface area contributed by atoms with Crippen molar-refractivity contribution < 1.29 is 19.1 Å². The van der Waals surface area contributed by atoms with Crippen molar-refractivity contribution in [2.75, 3.05) is 6.61 Å². The second-order valence-electron chi connectivity index (χ2n) is 5.04. The Labute approximate surface area is 138 Å². The number of benzene rings is 1. The quantitative estimate of drug-likeness (QED) is 0.652. The Morgan fingerprint density at radius 2 is 1.78 bits per heavy atom. The molecule has 0 saturated carbocycles. The zero-order valence-electron chi connectivity index (χ0n) is 12.9. The zero-order chi connectivity index (χ0) is 16.8. The summed E-state index contributed by atoms with van der Waals surface area (Å²) in [6, 6.07) is 10.4. The lowest BCUT2D eigenvalue weighted by atomic mass is 10.1. The average molecular weight is 331 g/mol. The Balaban J connectivity index is 1.88. The Morgan fingerprint density at radius 1 is 1.09 bits per heavy atom. The summed E-state index contributed by atoms with van der Waals surface area (Å²) in [5.41, 5.74) is 1.46. The van der Waals surface area contributed by atoms with Gasteiger partial charge in [-0.15, -0.1) is 11.3 Å². The standard InChI is InChI=1S/C17H17NO4S/c1-11-3-5-13(6-4-11)17(21)22-10-15(20)16-8-7-14(23-16)9-18-12(2)19/h3-8H,9-10H2,1-2H3,(H,18,19). The number of ether oxygens (including phenoxy) is 1. The molecule has 23 heavy (non-hydrogen) atoms. The van der Waals surface area contributed by atoms with E-state index in [1.54, 1.807) is 24.3 Å². The highest BCUT2D eigenvalue weighted by Crippen LogP contribution is 2.17. The van der Waals surface area contributed by atoms with Crippen LogP contribution >= 0.6 is 11.3 Å². The van der Waals surface area contributed by atoms with Gasteiger partial charge in [-0.1, -0.05) is 17.7 Å². The topological polar surface area (TPSA) is 72.5 Å². The second kappa shape index (κ2) is 7.69. The zero-order valence-corrected chi connectivity index (χ0v) is 13.7. The van der Waals surface area contributed by atoms with Gasteiger partial charge in [0.2, 0.25) is 11.7 Å². The highest BCUT2D eigenvalue weighted by molar-refractivity contribution is 7.14. The molecule has 0 atom stereocenters. The van der Waals surface area contributed by atoms with E-state index in [1.807, 2.05) is 19.1 Å². The molecule has 0 aliphatic carbocycles. The highest BCUT2D eigenvalue weighted by atomic mass is 32.1. The Bertz CT molecular complexity index is 718. The number of esters is 1. The minimum Gasteiger partial charge on any atom is -0.454 e. The molecule has 0 fully saturated rings. The summed E-state index contributed by atoms with van der Waals surface area (Å²) in [5.74, 6) is -0.906. The Kier molecular flexibility index (Phi) is 5.65. The summed E-state index contributed by atoms with van der Waals surface area (Å²) in [7, 11) is 0. The van der Waals surface area contributed by atoms with Crippen LogP contribution in [0.4, 0.5) is 0 Å². The van der Waals surface area contributed by atoms with Crippen LogP contribution in [0.3, 0.4) is 0 Å². The van der Waals surface area contributed by atoms with Crippen LogP contribution in [-0.4, -0.2) is 24.3 Å². The van der Waals surface area contributed by atoms with Crippen LogP contribution in [0.15, 0.2) is 36.4 Å². The Morgan fingerprint density at radius 3 is 2.43 bits per heavy atom. The SMILES string of the molecule is CC(=O)NCc1ccc(C(=O)COC(=O)c2ccc(C)cc2)s1. The smallest absolute Gasteiger partial charge is 0.338 e. The monoisotopic (exact) mass is 331 g/mol. The maximum Gasteiger partial charge on any atom is 0.338 e. The lowest BCUT2D eigenvalue weighted by Crippen LogP contribution is -2.18. The van der Waals surface area contributed by atoms with Crippen molar-refractivity contribution in [2.45, 2.75) is 20.4 Å². The summed E-state index contributed by atoms with van der Waals surface area (Å²) in [5, 5.41) is 2.67. The first-order valence-corrected chi connectivity index (χ1v) is 7.87. The van der Waals surface area contributed by atoms with Crippen molar-refractivity contribution >= 4 is 29.0 Å². The van der Waals surface area contributed by atoms with E-state index in [1.165, 1.54) is 18.3 Å². The largest absolute Gasteiger partial charge is 0.454 e. The van der Waals surface area contributed by atoms with Gasteiger partial charge >= 0.3 is 5.97 Å². The minimum atomic E-state index is -0.520. The number of amides is 1. The summed E-state index contributed by atoms with van der Waals surface area (Å²) >= 11 is 1.28. The summed E-state index contributed by atoms with van der Waals surface area (Å²) < 4.78 is 5.04. The lowest BCUT2D eigenvalue weighted by molar-refractivity contribution is -0.119. The van der Waals surface area contributed by atoms with Gasteiger partial charge in [0.15, 0.2) is 6.61 Å². The normalized spacial score (nSPS) is 10.2. The number of ketones is 1. The van der Waals surface area contributed by atoms with E-state index < -0.39 is 5.97 Å². The number of Topliss-reactive ketones (excluding diaryl/α,β-unsaturated/α-hetero) is 1. The van der Waals surface area contributed by atoms with E-state index in [0.717, 1.165) is 10.4 Å². The van der Waals surface area contributed by atoms with Crippen molar-refractivity contribution in [3.8, 4) is 0 Å². The molecule has 0 radical (unpaired) electrons. The number of rotatable bonds is 6.